The van der Waals surface area contributed by atoms with Crippen LogP contribution in [0.4, 0.5) is 5.82 Å². The summed E-state index contributed by atoms with van der Waals surface area (Å²) in [6, 6.07) is 6.21. The standard InChI is InChI=1S/C20H24N6O/c1-12(2)27-8-7-21-19-17-14(10-26(4)20(17)23-11-22-19)18-24-15-6-5-13(3)9-16(15)25-18/h5-6,9-12H,7-8H2,1-4H3,(H,24,25)(H,21,22,23). The van der Waals surface area contributed by atoms with Crippen LogP contribution in [0.5, 0.6) is 0 Å². The van der Waals surface area contributed by atoms with Crippen LogP contribution in [0.25, 0.3) is 33.5 Å². The molecule has 0 saturated carbocycles. The van der Waals surface area contributed by atoms with Crippen molar-refractivity contribution in [1.29, 1.82) is 0 Å². The zero-order valence-corrected chi connectivity index (χ0v) is 16.1. The Hall–Kier alpha value is -2.93. The lowest BCUT2D eigenvalue weighted by Gasteiger charge is -2.10. The molecule has 4 rings (SSSR count). The number of ether oxygens (including phenoxy) is 1. The van der Waals surface area contributed by atoms with Crippen LogP contribution < -0.4 is 5.32 Å². The Morgan fingerprint density at radius 2 is 2.11 bits per heavy atom. The third kappa shape index (κ3) is 3.38. The molecule has 27 heavy (non-hydrogen) atoms. The lowest BCUT2D eigenvalue weighted by atomic mass is 10.2. The van der Waals surface area contributed by atoms with E-state index in [9.17, 15) is 0 Å². The molecule has 0 radical (unpaired) electrons. The maximum Gasteiger partial charge on any atom is 0.145 e. The molecule has 0 fully saturated rings. The minimum atomic E-state index is 0.212. The minimum Gasteiger partial charge on any atom is -0.377 e. The largest absolute Gasteiger partial charge is 0.377 e. The zero-order valence-electron chi connectivity index (χ0n) is 16.1. The van der Waals surface area contributed by atoms with Gasteiger partial charge in [0.2, 0.25) is 0 Å². The molecule has 140 valence electrons. The lowest BCUT2D eigenvalue weighted by Crippen LogP contribution is -2.14. The van der Waals surface area contributed by atoms with E-state index in [1.54, 1.807) is 6.33 Å². The van der Waals surface area contributed by atoms with Gasteiger partial charge in [0, 0.05) is 25.4 Å². The Kier molecular flexibility index (Phi) is 4.53. The van der Waals surface area contributed by atoms with Crippen molar-refractivity contribution in [3.8, 4) is 11.4 Å². The fourth-order valence-electron chi connectivity index (χ4n) is 3.24. The van der Waals surface area contributed by atoms with Gasteiger partial charge >= 0.3 is 0 Å². The number of aromatic amines is 1. The van der Waals surface area contributed by atoms with E-state index in [2.05, 4.69) is 39.3 Å². The molecule has 0 atom stereocenters. The number of imidazole rings is 1. The van der Waals surface area contributed by atoms with Crippen LogP contribution >= 0.6 is 0 Å². The van der Waals surface area contributed by atoms with E-state index < -0.39 is 0 Å². The molecule has 0 unspecified atom stereocenters. The third-order valence-electron chi connectivity index (χ3n) is 4.49. The first-order valence-corrected chi connectivity index (χ1v) is 9.15. The summed E-state index contributed by atoms with van der Waals surface area (Å²) < 4.78 is 7.62. The molecule has 7 heteroatoms. The average molecular weight is 364 g/mol. The highest BCUT2D eigenvalue weighted by Crippen LogP contribution is 2.32. The number of nitrogens with zero attached hydrogens (tertiary/aromatic N) is 4. The molecule has 0 spiro atoms. The van der Waals surface area contributed by atoms with Crippen LogP contribution in [-0.2, 0) is 11.8 Å². The Morgan fingerprint density at radius 3 is 2.93 bits per heavy atom. The summed E-state index contributed by atoms with van der Waals surface area (Å²) >= 11 is 0. The highest BCUT2D eigenvalue weighted by Gasteiger charge is 2.17. The van der Waals surface area contributed by atoms with Gasteiger partial charge in [-0.05, 0) is 38.5 Å². The molecular formula is C20H24N6O. The Bertz CT molecular complexity index is 1090. The minimum absolute atomic E-state index is 0.212. The molecular weight excluding hydrogens is 340 g/mol. The Labute approximate surface area is 157 Å². The van der Waals surface area contributed by atoms with Gasteiger partial charge in [-0.3, -0.25) is 0 Å². The van der Waals surface area contributed by atoms with Crippen molar-refractivity contribution < 1.29 is 4.74 Å². The molecule has 0 saturated heterocycles. The molecule has 3 aromatic heterocycles. The molecule has 0 aliphatic heterocycles. The van der Waals surface area contributed by atoms with Gasteiger partial charge in [0.05, 0.1) is 29.1 Å². The van der Waals surface area contributed by atoms with Gasteiger partial charge in [-0.1, -0.05) is 6.07 Å². The zero-order chi connectivity index (χ0) is 19.0. The van der Waals surface area contributed by atoms with Crippen molar-refractivity contribution in [3.05, 3.63) is 36.3 Å². The van der Waals surface area contributed by atoms with Crippen LogP contribution in [0.1, 0.15) is 19.4 Å². The predicted octanol–water partition coefficient (Wildman–Crippen LogP) is 3.66. The van der Waals surface area contributed by atoms with Gasteiger partial charge < -0.3 is 19.6 Å². The third-order valence-corrected chi connectivity index (χ3v) is 4.49. The Morgan fingerprint density at radius 1 is 1.26 bits per heavy atom. The maximum atomic E-state index is 5.62. The summed E-state index contributed by atoms with van der Waals surface area (Å²) in [6.45, 7) is 7.43. The molecule has 1 aromatic carbocycles. The summed E-state index contributed by atoms with van der Waals surface area (Å²) in [7, 11) is 1.98. The van der Waals surface area contributed by atoms with Crippen molar-refractivity contribution in [2.75, 3.05) is 18.5 Å². The summed E-state index contributed by atoms with van der Waals surface area (Å²) in [6.07, 6.45) is 3.84. The van der Waals surface area contributed by atoms with E-state index in [4.69, 9.17) is 9.72 Å². The number of hydrogen-bond acceptors (Lipinski definition) is 5. The van der Waals surface area contributed by atoms with Gasteiger partial charge in [-0.25, -0.2) is 15.0 Å². The number of nitrogens with one attached hydrogen (secondary N) is 2. The van der Waals surface area contributed by atoms with E-state index in [0.29, 0.717) is 13.2 Å². The summed E-state index contributed by atoms with van der Waals surface area (Å²) in [5, 5.41) is 4.34. The maximum absolute atomic E-state index is 5.62. The second-order valence-electron chi connectivity index (χ2n) is 7.03. The number of hydrogen-bond donors (Lipinski definition) is 2. The van der Waals surface area contributed by atoms with E-state index in [1.165, 1.54) is 5.56 Å². The number of anilines is 1. The molecule has 0 bridgehead atoms. The summed E-state index contributed by atoms with van der Waals surface area (Å²) in [4.78, 5) is 17.1. The van der Waals surface area contributed by atoms with Crippen molar-refractivity contribution in [3.63, 3.8) is 0 Å². The summed E-state index contributed by atoms with van der Waals surface area (Å²) in [5.74, 6) is 1.61. The van der Waals surface area contributed by atoms with Crippen molar-refractivity contribution in [1.82, 2.24) is 24.5 Å². The number of benzene rings is 1. The lowest BCUT2D eigenvalue weighted by molar-refractivity contribution is 0.0870. The number of rotatable bonds is 6. The van der Waals surface area contributed by atoms with Crippen LogP contribution in [-0.4, -0.2) is 43.8 Å². The van der Waals surface area contributed by atoms with Gasteiger partial charge in [0.1, 0.15) is 23.6 Å². The van der Waals surface area contributed by atoms with E-state index in [-0.39, 0.29) is 6.10 Å². The van der Waals surface area contributed by atoms with Crippen LogP contribution in [0.2, 0.25) is 0 Å². The van der Waals surface area contributed by atoms with Gasteiger partial charge in [0.15, 0.2) is 0 Å². The van der Waals surface area contributed by atoms with Gasteiger partial charge in [-0.2, -0.15) is 0 Å². The molecule has 7 nitrogen and oxygen atoms in total. The number of H-pyrrole nitrogens is 1. The average Bonchev–Trinajstić information content (AvgIpc) is 3.20. The molecule has 0 amide bonds. The molecule has 4 aromatic rings. The Balaban J connectivity index is 1.75. The monoisotopic (exact) mass is 364 g/mol. The van der Waals surface area contributed by atoms with E-state index >= 15 is 0 Å². The van der Waals surface area contributed by atoms with Crippen molar-refractivity contribution >= 4 is 27.9 Å². The van der Waals surface area contributed by atoms with Gasteiger partial charge in [-0.15, -0.1) is 0 Å². The fraction of sp³-hybridized carbons (Fsp3) is 0.350. The topological polar surface area (TPSA) is 80.7 Å². The highest BCUT2D eigenvalue weighted by molar-refractivity contribution is 6.01. The first-order chi connectivity index (χ1) is 13.0. The van der Waals surface area contributed by atoms with Crippen molar-refractivity contribution in [2.45, 2.75) is 26.9 Å². The van der Waals surface area contributed by atoms with E-state index in [1.807, 2.05) is 37.7 Å². The summed E-state index contributed by atoms with van der Waals surface area (Å²) in [5.41, 5.74) is 5.02. The molecule has 0 aliphatic rings. The molecule has 2 N–H and O–H groups in total. The number of aromatic nitrogens is 5. The SMILES string of the molecule is Cc1ccc2nc(-c3cn(C)c4ncnc(NCCOC(C)C)c34)[nH]c2c1. The fourth-order valence-corrected chi connectivity index (χ4v) is 3.24. The normalized spacial score (nSPS) is 11.7. The van der Waals surface area contributed by atoms with E-state index in [0.717, 1.165) is 39.3 Å². The molecule has 3 heterocycles. The first-order valence-electron chi connectivity index (χ1n) is 9.15. The number of fused-ring (bicyclic) bond motifs is 2. The van der Waals surface area contributed by atoms with Crippen molar-refractivity contribution in [2.24, 2.45) is 7.05 Å². The smallest absolute Gasteiger partial charge is 0.145 e. The van der Waals surface area contributed by atoms with Crippen LogP contribution in [0.3, 0.4) is 0 Å². The second-order valence-corrected chi connectivity index (χ2v) is 7.03. The highest BCUT2D eigenvalue weighted by atomic mass is 16.5. The number of aryl methyl sites for hydroxylation is 2. The van der Waals surface area contributed by atoms with Crippen LogP contribution in [0.15, 0.2) is 30.7 Å². The second kappa shape index (κ2) is 7.00. The van der Waals surface area contributed by atoms with Gasteiger partial charge in [0.25, 0.3) is 0 Å². The van der Waals surface area contributed by atoms with Crippen LogP contribution in [0, 0.1) is 6.92 Å². The predicted molar refractivity (Wildman–Crippen MR) is 108 cm³/mol. The molecule has 0 aliphatic carbocycles. The quantitative estimate of drug-likeness (QED) is 0.510. The first kappa shape index (κ1) is 17.5.